The molecule has 0 aromatic heterocycles. The lowest BCUT2D eigenvalue weighted by molar-refractivity contribution is -0.131. The summed E-state index contributed by atoms with van der Waals surface area (Å²) in [6, 6.07) is 4.66. The van der Waals surface area contributed by atoms with E-state index in [0.717, 1.165) is 25.7 Å². The van der Waals surface area contributed by atoms with Gasteiger partial charge in [0.05, 0.1) is 19.1 Å². The lowest BCUT2D eigenvalue weighted by Gasteiger charge is -2.30. The van der Waals surface area contributed by atoms with E-state index in [-0.39, 0.29) is 23.4 Å². The first-order valence-corrected chi connectivity index (χ1v) is 10.9. The molecule has 27 heavy (non-hydrogen) atoms. The van der Waals surface area contributed by atoms with Crippen LogP contribution in [0.25, 0.3) is 0 Å². The largest absolute Gasteiger partial charge is 0.493 e. The fraction of sp³-hybridized carbons (Fsp3) is 0.632. The van der Waals surface area contributed by atoms with E-state index >= 15 is 0 Å². The summed E-state index contributed by atoms with van der Waals surface area (Å²) < 4.78 is 38.0. The maximum absolute atomic E-state index is 12.6. The Morgan fingerprint density at radius 1 is 1.11 bits per heavy atom. The van der Waals surface area contributed by atoms with Gasteiger partial charge < -0.3 is 14.4 Å². The number of carbonyl (C=O) groups is 1. The first-order valence-electron chi connectivity index (χ1n) is 9.38. The molecule has 2 rings (SSSR count). The normalized spacial score (nSPS) is 15.8. The maximum Gasteiger partial charge on any atom is 0.240 e. The Hall–Kier alpha value is -1.80. The van der Waals surface area contributed by atoms with Gasteiger partial charge in [0, 0.05) is 32.1 Å². The number of nitrogens with zero attached hydrogens (tertiary/aromatic N) is 1. The van der Waals surface area contributed by atoms with E-state index in [1.165, 1.54) is 39.2 Å². The van der Waals surface area contributed by atoms with Crippen molar-refractivity contribution in [2.24, 2.45) is 0 Å². The van der Waals surface area contributed by atoms with Gasteiger partial charge in [-0.2, -0.15) is 0 Å². The van der Waals surface area contributed by atoms with E-state index in [9.17, 15) is 13.2 Å². The Kier molecular flexibility index (Phi) is 7.91. The molecule has 0 radical (unpaired) electrons. The molecule has 7 nitrogen and oxygen atoms in total. The van der Waals surface area contributed by atoms with E-state index < -0.39 is 10.0 Å². The predicted octanol–water partition coefficient (Wildman–Crippen LogP) is 2.55. The van der Waals surface area contributed by atoms with Gasteiger partial charge in [0.15, 0.2) is 11.5 Å². The molecule has 1 N–H and O–H groups in total. The topological polar surface area (TPSA) is 84.9 Å². The Labute approximate surface area is 162 Å². The summed E-state index contributed by atoms with van der Waals surface area (Å²) in [6.45, 7) is 2.09. The number of methoxy groups -OCH3 is 2. The Bertz CT molecular complexity index is 728. The number of hydrogen-bond acceptors (Lipinski definition) is 5. The maximum atomic E-state index is 12.6. The van der Waals surface area contributed by atoms with E-state index in [4.69, 9.17) is 9.47 Å². The van der Waals surface area contributed by atoms with Gasteiger partial charge in [0.25, 0.3) is 0 Å². The number of rotatable bonds is 8. The zero-order valence-electron chi connectivity index (χ0n) is 16.4. The van der Waals surface area contributed by atoms with Crippen molar-refractivity contribution in [3.8, 4) is 11.5 Å². The van der Waals surface area contributed by atoms with Crippen molar-refractivity contribution in [3.63, 3.8) is 0 Å². The third-order valence-corrected chi connectivity index (χ3v) is 6.44. The van der Waals surface area contributed by atoms with Crippen LogP contribution in [-0.2, 0) is 14.8 Å². The molecule has 8 heteroatoms. The van der Waals surface area contributed by atoms with Crippen molar-refractivity contribution in [2.45, 2.75) is 56.4 Å². The van der Waals surface area contributed by atoms with Crippen LogP contribution >= 0.6 is 0 Å². The van der Waals surface area contributed by atoms with Crippen molar-refractivity contribution in [1.29, 1.82) is 0 Å². The van der Waals surface area contributed by atoms with Crippen molar-refractivity contribution in [1.82, 2.24) is 9.62 Å². The average Bonchev–Trinajstić information content (AvgIpc) is 2.93. The number of sulfonamides is 1. The van der Waals surface area contributed by atoms with E-state index in [2.05, 4.69) is 4.72 Å². The third-order valence-electron chi connectivity index (χ3n) is 4.98. The first-order chi connectivity index (χ1) is 12.9. The lowest BCUT2D eigenvalue weighted by atomic mass is 10.1. The molecule has 152 valence electrons. The molecule has 1 aliphatic rings. The molecular formula is C19H30N2O5S. The summed E-state index contributed by atoms with van der Waals surface area (Å²) in [7, 11) is -0.749. The molecule has 0 saturated heterocycles. The smallest absolute Gasteiger partial charge is 0.240 e. The summed E-state index contributed by atoms with van der Waals surface area (Å²) in [5.41, 5.74) is 0. The molecule has 0 spiro atoms. The quantitative estimate of drug-likeness (QED) is 0.680. The molecule has 0 unspecified atom stereocenters. The fourth-order valence-electron chi connectivity index (χ4n) is 3.53. The predicted molar refractivity (Wildman–Crippen MR) is 104 cm³/mol. The molecule has 1 fully saturated rings. The van der Waals surface area contributed by atoms with Gasteiger partial charge >= 0.3 is 0 Å². The van der Waals surface area contributed by atoms with Crippen molar-refractivity contribution in [3.05, 3.63) is 18.2 Å². The third kappa shape index (κ3) is 5.84. The van der Waals surface area contributed by atoms with Crippen LogP contribution in [0.2, 0.25) is 0 Å². The van der Waals surface area contributed by atoms with E-state index in [1.54, 1.807) is 13.0 Å². The number of nitrogens with one attached hydrogen (secondary N) is 1. The van der Waals surface area contributed by atoms with E-state index in [1.807, 2.05) is 4.90 Å². The molecule has 0 atom stereocenters. The monoisotopic (exact) mass is 398 g/mol. The lowest BCUT2D eigenvalue weighted by Crippen LogP contribution is -2.43. The minimum Gasteiger partial charge on any atom is -0.493 e. The molecule has 0 aliphatic heterocycles. The van der Waals surface area contributed by atoms with Crippen LogP contribution in [0.5, 0.6) is 11.5 Å². The van der Waals surface area contributed by atoms with Crippen LogP contribution in [0.1, 0.15) is 45.4 Å². The number of ether oxygens (including phenoxy) is 2. The van der Waals surface area contributed by atoms with Crippen LogP contribution in [0.15, 0.2) is 23.1 Å². The minimum atomic E-state index is -3.70. The summed E-state index contributed by atoms with van der Waals surface area (Å²) in [4.78, 5) is 14.0. The first kappa shape index (κ1) is 21.5. The number of hydrogen-bond donors (Lipinski definition) is 1. The molecule has 0 heterocycles. The molecule has 1 amide bonds. The average molecular weight is 399 g/mol. The fourth-order valence-corrected chi connectivity index (χ4v) is 4.57. The van der Waals surface area contributed by atoms with Crippen molar-refractivity contribution < 1.29 is 22.7 Å². The van der Waals surface area contributed by atoms with Crippen molar-refractivity contribution in [2.75, 3.05) is 27.3 Å². The van der Waals surface area contributed by atoms with Crippen LogP contribution in [0, 0.1) is 0 Å². The second-order valence-corrected chi connectivity index (χ2v) is 8.54. The highest BCUT2D eigenvalue weighted by molar-refractivity contribution is 7.89. The van der Waals surface area contributed by atoms with Crippen LogP contribution in [0.4, 0.5) is 0 Å². The van der Waals surface area contributed by atoms with Gasteiger partial charge in [-0.3, -0.25) is 4.79 Å². The van der Waals surface area contributed by atoms with E-state index in [0.29, 0.717) is 18.0 Å². The molecule has 1 aromatic rings. The number of benzene rings is 1. The molecule has 1 aliphatic carbocycles. The highest BCUT2D eigenvalue weighted by atomic mass is 32.2. The molecule has 0 bridgehead atoms. The summed E-state index contributed by atoms with van der Waals surface area (Å²) >= 11 is 0. The van der Waals surface area contributed by atoms with Crippen LogP contribution in [-0.4, -0.2) is 52.6 Å². The minimum absolute atomic E-state index is 0.00721. The Balaban J connectivity index is 2.02. The van der Waals surface area contributed by atoms with Crippen molar-refractivity contribution >= 4 is 15.9 Å². The standard InChI is InChI=1S/C19H30N2O5S/c1-15(22)21(16-8-6-4-5-7-9-16)13-12-20-27(23,24)17-10-11-18(25-2)19(14-17)26-3/h10-11,14,16,20H,4-9,12-13H2,1-3H3. The van der Waals surface area contributed by atoms with Gasteiger partial charge in [-0.1, -0.05) is 25.7 Å². The molecule has 1 aromatic carbocycles. The van der Waals surface area contributed by atoms with Gasteiger partial charge in [0.1, 0.15) is 0 Å². The van der Waals surface area contributed by atoms with Gasteiger partial charge in [-0.25, -0.2) is 13.1 Å². The zero-order chi connectivity index (χ0) is 19.9. The summed E-state index contributed by atoms with van der Waals surface area (Å²) in [5, 5.41) is 0. The molecule has 1 saturated carbocycles. The second kappa shape index (κ2) is 9.94. The van der Waals surface area contributed by atoms with Crippen LogP contribution < -0.4 is 14.2 Å². The number of carbonyl (C=O) groups excluding carboxylic acids is 1. The summed E-state index contributed by atoms with van der Waals surface area (Å²) in [5.74, 6) is 0.809. The highest BCUT2D eigenvalue weighted by Crippen LogP contribution is 2.29. The zero-order valence-corrected chi connectivity index (χ0v) is 17.2. The Morgan fingerprint density at radius 2 is 1.74 bits per heavy atom. The molecular weight excluding hydrogens is 368 g/mol. The van der Waals surface area contributed by atoms with Crippen LogP contribution in [0.3, 0.4) is 0 Å². The van der Waals surface area contributed by atoms with Gasteiger partial charge in [0.2, 0.25) is 15.9 Å². The SMILES string of the molecule is COc1ccc(S(=O)(=O)NCCN(C(C)=O)C2CCCCCC2)cc1OC. The number of amides is 1. The Morgan fingerprint density at radius 3 is 2.30 bits per heavy atom. The summed E-state index contributed by atoms with van der Waals surface area (Å²) in [6.07, 6.45) is 6.62. The van der Waals surface area contributed by atoms with Gasteiger partial charge in [-0.05, 0) is 25.0 Å². The highest BCUT2D eigenvalue weighted by Gasteiger charge is 2.23. The van der Waals surface area contributed by atoms with Gasteiger partial charge in [-0.15, -0.1) is 0 Å². The second-order valence-electron chi connectivity index (χ2n) is 6.77.